The zero-order valence-corrected chi connectivity index (χ0v) is 10.2. The van der Waals surface area contributed by atoms with Gasteiger partial charge in [-0.2, -0.15) is 5.10 Å². The van der Waals surface area contributed by atoms with Gasteiger partial charge in [0.05, 0.1) is 6.42 Å². The third-order valence-electron chi connectivity index (χ3n) is 2.33. The molecule has 0 unspecified atom stereocenters. The molecule has 0 aromatic carbocycles. The molecule has 0 radical (unpaired) electrons. The van der Waals surface area contributed by atoms with Crippen molar-refractivity contribution in [1.29, 1.82) is 0 Å². The predicted octanol–water partition coefficient (Wildman–Crippen LogP) is 0.568. The molecule has 17 heavy (non-hydrogen) atoms. The van der Waals surface area contributed by atoms with Crippen molar-refractivity contribution in [2.45, 2.75) is 33.2 Å². The van der Waals surface area contributed by atoms with Crippen LogP contribution >= 0.6 is 0 Å². The Morgan fingerprint density at radius 3 is 2.59 bits per heavy atom. The number of carboxylic acid groups (broad SMARTS) is 1. The lowest BCUT2D eigenvalue weighted by atomic mass is 9.86. The van der Waals surface area contributed by atoms with Crippen LogP contribution < -0.4 is 5.32 Å². The van der Waals surface area contributed by atoms with Crippen molar-refractivity contribution in [3.05, 3.63) is 18.0 Å². The molecule has 1 amide bonds. The molecule has 0 aliphatic rings. The van der Waals surface area contributed by atoms with E-state index in [0.717, 1.165) is 0 Å². The van der Waals surface area contributed by atoms with Gasteiger partial charge < -0.3 is 10.4 Å². The standard InChI is InChI=1S/C11H17N3O3/c1-11(2,3)9(10(16)17)13-8(15)6-7-4-5-12-14-7/h4-5,9H,6H2,1-3H3,(H,12,14)(H,13,15)(H,16,17)/t9-/m0/s1. The van der Waals surface area contributed by atoms with Crippen LogP contribution in [0.1, 0.15) is 26.5 Å². The first-order valence-electron chi connectivity index (χ1n) is 5.31. The third-order valence-corrected chi connectivity index (χ3v) is 2.33. The molecule has 1 atom stereocenters. The smallest absolute Gasteiger partial charge is 0.326 e. The average Bonchev–Trinajstić information content (AvgIpc) is 2.64. The zero-order valence-electron chi connectivity index (χ0n) is 10.2. The molecule has 0 bridgehead atoms. The monoisotopic (exact) mass is 239 g/mol. The predicted molar refractivity (Wildman–Crippen MR) is 61.3 cm³/mol. The third kappa shape index (κ3) is 3.90. The second-order valence-electron chi connectivity index (χ2n) is 4.96. The number of aromatic nitrogens is 2. The van der Waals surface area contributed by atoms with Gasteiger partial charge in [0.2, 0.25) is 5.91 Å². The minimum Gasteiger partial charge on any atom is -0.480 e. The molecule has 94 valence electrons. The Morgan fingerprint density at radius 1 is 1.53 bits per heavy atom. The van der Waals surface area contributed by atoms with Gasteiger partial charge >= 0.3 is 5.97 Å². The summed E-state index contributed by atoms with van der Waals surface area (Å²) in [7, 11) is 0. The highest BCUT2D eigenvalue weighted by Gasteiger charge is 2.32. The maximum absolute atomic E-state index is 11.6. The summed E-state index contributed by atoms with van der Waals surface area (Å²) in [4.78, 5) is 22.7. The van der Waals surface area contributed by atoms with Gasteiger partial charge in [0.15, 0.2) is 0 Å². The van der Waals surface area contributed by atoms with Gasteiger partial charge in [-0.15, -0.1) is 0 Å². The van der Waals surface area contributed by atoms with E-state index in [-0.39, 0.29) is 12.3 Å². The second kappa shape index (κ2) is 4.99. The molecule has 0 aliphatic heterocycles. The Morgan fingerprint density at radius 2 is 2.18 bits per heavy atom. The van der Waals surface area contributed by atoms with Gasteiger partial charge in [0.1, 0.15) is 6.04 Å². The molecule has 0 fully saturated rings. The summed E-state index contributed by atoms with van der Waals surface area (Å²) in [6, 6.07) is 0.768. The maximum Gasteiger partial charge on any atom is 0.326 e. The Labute approximate surface area is 99.4 Å². The first-order chi connectivity index (χ1) is 7.80. The van der Waals surface area contributed by atoms with Crippen molar-refractivity contribution in [3.8, 4) is 0 Å². The van der Waals surface area contributed by atoms with Gasteiger partial charge in [-0.1, -0.05) is 20.8 Å². The molecule has 0 aliphatic carbocycles. The van der Waals surface area contributed by atoms with Crippen molar-refractivity contribution in [3.63, 3.8) is 0 Å². The number of hydrogen-bond donors (Lipinski definition) is 3. The molecule has 1 aromatic rings. The first kappa shape index (κ1) is 13.2. The topological polar surface area (TPSA) is 95.1 Å². The molecule has 0 saturated heterocycles. The van der Waals surface area contributed by atoms with Crippen molar-refractivity contribution < 1.29 is 14.7 Å². The lowest BCUT2D eigenvalue weighted by Crippen LogP contribution is -2.49. The van der Waals surface area contributed by atoms with E-state index in [0.29, 0.717) is 5.69 Å². The average molecular weight is 239 g/mol. The van der Waals surface area contributed by atoms with Crippen molar-refractivity contribution in [2.75, 3.05) is 0 Å². The van der Waals surface area contributed by atoms with Crippen molar-refractivity contribution in [1.82, 2.24) is 15.5 Å². The van der Waals surface area contributed by atoms with E-state index >= 15 is 0 Å². The first-order valence-corrected chi connectivity index (χ1v) is 5.31. The fraction of sp³-hybridized carbons (Fsp3) is 0.545. The summed E-state index contributed by atoms with van der Waals surface area (Å²) < 4.78 is 0. The second-order valence-corrected chi connectivity index (χ2v) is 4.96. The van der Waals surface area contributed by atoms with Crippen molar-refractivity contribution in [2.24, 2.45) is 5.41 Å². The van der Waals surface area contributed by atoms with Crippen LogP contribution in [0.25, 0.3) is 0 Å². The van der Waals surface area contributed by atoms with Crippen LogP contribution in [0.2, 0.25) is 0 Å². The fourth-order valence-electron chi connectivity index (χ4n) is 1.42. The Bertz CT molecular complexity index is 393. The zero-order chi connectivity index (χ0) is 13.1. The number of hydrogen-bond acceptors (Lipinski definition) is 3. The normalized spacial score (nSPS) is 13.1. The van der Waals surface area contributed by atoms with Gasteiger partial charge in [-0.25, -0.2) is 4.79 Å². The summed E-state index contributed by atoms with van der Waals surface area (Å²) in [5.41, 5.74) is 0.121. The number of aromatic amines is 1. The number of carboxylic acids is 1. The molecular weight excluding hydrogens is 222 g/mol. The van der Waals surface area contributed by atoms with Crippen LogP contribution in [-0.4, -0.2) is 33.2 Å². The summed E-state index contributed by atoms with van der Waals surface area (Å²) in [6.45, 7) is 5.30. The van der Waals surface area contributed by atoms with E-state index in [2.05, 4.69) is 15.5 Å². The molecule has 6 nitrogen and oxygen atoms in total. The van der Waals surface area contributed by atoms with E-state index in [1.807, 2.05) is 0 Å². The molecule has 3 N–H and O–H groups in total. The molecule has 0 spiro atoms. The van der Waals surface area contributed by atoms with Crippen LogP contribution in [-0.2, 0) is 16.0 Å². The lowest BCUT2D eigenvalue weighted by Gasteiger charge is -2.27. The molecule has 1 heterocycles. The number of carbonyl (C=O) groups is 2. The van der Waals surface area contributed by atoms with Crippen LogP contribution in [0, 0.1) is 5.41 Å². The highest BCUT2D eigenvalue weighted by atomic mass is 16.4. The molecule has 1 rings (SSSR count). The van der Waals surface area contributed by atoms with Crippen LogP contribution in [0.15, 0.2) is 12.3 Å². The summed E-state index contributed by atoms with van der Waals surface area (Å²) in [6.07, 6.45) is 1.64. The number of rotatable bonds is 4. The number of nitrogens with one attached hydrogen (secondary N) is 2. The van der Waals surface area contributed by atoms with E-state index in [1.165, 1.54) is 0 Å². The largest absolute Gasteiger partial charge is 0.480 e. The van der Waals surface area contributed by atoms with Crippen LogP contribution in [0.4, 0.5) is 0 Å². The molecule has 0 saturated carbocycles. The SMILES string of the molecule is CC(C)(C)[C@@H](NC(=O)Cc1ccn[nH]1)C(=O)O. The van der Waals surface area contributed by atoms with Crippen molar-refractivity contribution >= 4 is 11.9 Å². The highest BCUT2D eigenvalue weighted by molar-refractivity contribution is 5.85. The Balaban J connectivity index is 2.62. The molecule has 6 heteroatoms. The van der Waals surface area contributed by atoms with Gasteiger partial charge in [-0.05, 0) is 11.5 Å². The van der Waals surface area contributed by atoms with E-state index < -0.39 is 17.4 Å². The van der Waals surface area contributed by atoms with Gasteiger partial charge in [0.25, 0.3) is 0 Å². The number of carbonyl (C=O) groups excluding carboxylic acids is 1. The van der Waals surface area contributed by atoms with Gasteiger partial charge in [0, 0.05) is 11.9 Å². The Kier molecular flexibility index (Phi) is 3.88. The Hall–Kier alpha value is -1.85. The minimum atomic E-state index is -1.03. The van der Waals surface area contributed by atoms with Crippen LogP contribution in [0.5, 0.6) is 0 Å². The molecule has 1 aromatic heterocycles. The molecular formula is C11H17N3O3. The number of nitrogens with zero attached hydrogens (tertiary/aromatic N) is 1. The van der Waals surface area contributed by atoms with E-state index in [4.69, 9.17) is 5.11 Å². The van der Waals surface area contributed by atoms with E-state index in [9.17, 15) is 9.59 Å². The number of H-pyrrole nitrogens is 1. The minimum absolute atomic E-state index is 0.0971. The maximum atomic E-state index is 11.6. The fourth-order valence-corrected chi connectivity index (χ4v) is 1.42. The lowest BCUT2D eigenvalue weighted by molar-refractivity contribution is -0.144. The summed E-state index contributed by atoms with van der Waals surface area (Å²) >= 11 is 0. The highest BCUT2D eigenvalue weighted by Crippen LogP contribution is 2.19. The van der Waals surface area contributed by atoms with E-state index in [1.54, 1.807) is 33.0 Å². The van der Waals surface area contributed by atoms with Crippen LogP contribution in [0.3, 0.4) is 0 Å². The summed E-state index contributed by atoms with van der Waals surface area (Å²) in [5.74, 6) is -1.37. The van der Waals surface area contributed by atoms with Gasteiger partial charge in [-0.3, -0.25) is 9.89 Å². The number of amides is 1. The number of aliphatic carboxylic acids is 1. The summed E-state index contributed by atoms with van der Waals surface area (Å²) in [5, 5.41) is 17.9. The quantitative estimate of drug-likeness (QED) is 0.715.